The first-order valence-electron chi connectivity index (χ1n) is 12.8. The van der Waals surface area contributed by atoms with Gasteiger partial charge in [0.15, 0.2) is 17.3 Å². The van der Waals surface area contributed by atoms with Crippen molar-refractivity contribution in [1.82, 2.24) is 19.2 Å². The van der Waals surface area contributed by atoms with Crippen molar-refractivity contribution in [3.8, 4) is 22.8 Å². The maximum atomic E-state index is 13.2. The third-order valence-electron chi connectivity index (χ3n) is 7.39. The van der Waals surface area contributed by atoms with Crippen molar-refractivity contribution in [3.05, 3.63) is 102 Å². The van der Waals surface area contributed by atoms with Gasteiger partial charge >= 0.3 is 0 Å². The van der Waals surface area contributed by atoms with Crippen LogP contribution in [0.1, 0.15) is 29.5 Å². The van der Waals surface area contributed by atoms with E-state index in [1.807, 2.05) is 61.3 Å². The minimum atomic E-state index is -0.920. The summed E-state index contributed by atoms with van der Waals surface area (Å²) in [6.45, 7) is 1.94. The second kappa shape index (κ2) is 9.62. The van der Waals surface area contributed by atoms with Crippen LogP contribution >= 0.6 is 0 Å². The maximum absolute atomic E-state index is 13.2. The van der Waals surface area contributed by atoms with Gasteiger partial charge in [0.25, 0.3) is 0 Å². The third-order valence-corrected chi connectivity index (χ3v) is 7.39. The summed E-state index contributed by atoms with van der Waals surface area (Å²) >= 11 is 0. The Kier molecular flexibility index (Phi) is 6.10. The van der Waals surface area contributed by atoms with Gasteiger partial charge in [0.2, 0.25) is 0 Å². The largest absolute Gasteiger partial charge is 0.455 e. The number of pyridine rings is 1. The summed E-state index contributed by atoms with van der Waals surface area (Å²) in [5.41, 5.74) is 4.03. The van der Waals surface area contributed by atoms with Crippen molar-refractivity contribution in [2.24, 2.45) is 12.5 Å². The lowest BCUT2D eigenvalue weighted by Crippen LogP contribution is -2.28. The molecule has 1 fully saturated rings. The number of carbonyl (C=O) groups is 2. The van der Waals surface area contributed by atoms with Crippen LogP contribution in [0.3, 0.4) is 0 Å². The number of carbonyl (C=O) groups excluding carboxylic acids is 2. The Balaban J connectivity index is 1.19. The summed E-state index contributed by atoms with van der Waals surface area (Å²) in [6.07, 6.45) is 8.77. The maximum Gasteiger partial charge on any atom is 0.153 e. The van der Waals surface area contributed by atoms with Crippen LogP contribution in [0.4, 0.5) is 4.39 Å². The predicted octanol–water partition coefficient (Wildman–Crippen LogP) is 5.68. The molecule has 3 heterocycles. The Morgan fingerprint density at radius 3 is 2.33 bits per heavy atom. The lowest BCUT2D eigenvalue weighted by Gasteiger charge is -2.15. The lowest BCUT2D eigenvalue weighted by atomic mass is 9.87. The summed E-state index contributed by atoms with van der Waals surface area (Å²) in [5, 5.41) is 4.38. The van der Waals surface area contributed by atoms with Gasteiger partial charge in [-0.1, -0.05) is 24.3 Å². The molecular formula is C31H27FN4O3. The monoisotopic (exact) mass is 522 g/mol. The van der Waals surface area contributed by atoms with Crippen molar-refractivity contribution in [2.75, 3.05) is 0 Å². The molecule has 0 saturated heterocycles. The first-order chi connectivity index (χ1) is 18.8. The van der Waals surface area contributed by atoms with E-state index in [9.17, 15) is 14.0 Å². The first kappa shape index (κ1) is 24.7. The van der Waals surface area contributed by atoms with Gasteiger partial charge in [-0.2, -0.15) is 5.10 Å². The smallest absolute Gasteiger partial charge is 0.153 e. The van der Waals surface area contributed by atoms with E-state index < -0.39 is 5.41 Å². The van der Waals surface area contributed by atoms with Crippen LogP contribution in [0.15, 0.2) is 79.5 Å². The number of ether oxygens (including phenoxy) is 1. The molecule has 8 heteroatoms. The highest BCUT2D eigenvalue weighted by Gasteiger charge is 2.54. The second-order valence-electron chi connectivity index (χ2n) is 10.3. The quantitative estimate of drug-likeness (QED) is 0.233. The van der Waals surface area contributed by atoms with Gasteiger partial charge in [0, 0.05) is 37.8 Å². The number of nitrogens with zero attached hydrogens (tertiary/aromatic N) is 4. The average Bonchev–Trinajstić information content (AvgIpc) is 3.40. The van der Waals surface area contributed by atoms with Gasteiger partial charge in [-0.3, -0.25) is 9.59 Å². The summed E-state index contributed by atoms with van der Waals surface area (Å²) in [6, 6.07) is 15.4. The molecule has 2 aromatic carbocycles. The van der Waals surface area contributed by atoms with Gasteiger partial charge in [-0.05, 0) is 66.8 Å². The van der Waals surface area contributed by atoms with Crippen LogP contribution in [-0.2, 0) is 29.5 Å². The molecule has 196 valence electrons. The molecule has 3 aromatic heterocycles. The van der Waals surface area contributed by atoms with Crippen molar-refractivity contribution >= 4 is 17.1 Å². The van der Waals surface area contributed by atoms with E-state index in [4.69, 9.17) is 4.74 Å². The Labute approximate surface area is 224 Å². The molecule has 0 bridgehead atoms. The number of fused-ring (bicyclic) bond motifs is 1. The number of hydrogen-bond acceptors (Lipinski definition) is 5. The Morgan fingerprint density at radius 2 is 1.67 bits per heavy atom. The highest BCUT2D eigenvalue weighted by atomic mass is 19.1. The summed E-state index contributed by atoms with van der Waals surface area (Å²) in [5.74, 6) is 0.814. The number of rotatable bonds is 9. The standard InChI is InChI=1S/C31H27FN4O3/c1-20-13-22(15-30(38)31(10-11-31)29(37)14-21-3-6-24(32)7-4-21)5-8-27(20)39-28-16-23(25-18-35(2)19-33-25)17-36-26(28)9-12-34-36/h3-9,12-13,16-19H,10-11,14-15H2,1-2H3. The normalized spacial score (nSPS) is 13.9. The molecule has 1 aliphatic rings. The number of imidazole rings is 1. The molecule has 0 N–H and O–H groups in total. The minimum Gasteiger partial charge on any atom is -0.455 e. The van der Waals surface area contributed by atoms with Gasteiger partial charge in [0.1, 0.15) is 17.1 Å². The zero-order valence-corrected chi connectivity index (χ0v) is 21.7. The van der Waals surface area contributed by atoms with Gasteiger partial charge < -0.3 is 9.30 Å². The van der Waals surface area contributed by atoms with E-state index in [-0.39, 0.29) is 30.2 Å². The van der Waals surface area contributed by atoms with E-state index in [1.165, 1.54) is 12.1 Å². The molecule has 0 amide bonds. The molecule has 0 aliphatic heterocycles. The summed E-state index contributed by atoms with van der Waals surface area (Å²) in [4.78, 5) is 30.7. The van der Waals surface area contributed by atoms with Crippen LogP contribution in [0.25, 0.3) is 16.8 Å². The Hall–Kier alpha value is -4.59. The number of aromatic nitrogens is 4. The zero-order valence-electron chi connectivity index (χ0n) is 21.7. The van der Waals surface area contributed by atoms with Crippen LogP contribution in [0.2, 0.25) is 0 Å². The zero-order chi connectivity index (χ0) is 27.1. The van der Waals surface area contributed by atoms with Gasteiger partial charge in [-0.25, -0.2) is 13.9 Å². The topological polar surface area (TPSA) is 78.5 Å². The van der Waals surface area contributed by atoms with Crippen LogP contribution < -0.4 is 4.74 Å². The number of halogens is 1. The fourth-order valence-corrected chi connectivity index (χ4v) is 4.98. The molecule has 0 unspecified atom stereocenters. The molecule has 0 radical (unpaired) electrons. The minimum absolute atomic E-state index is 0.0632. The third kappa shape index (κ3) is 4.85. The van der Waals surface area contributed by atoms with E-state index >= 15 is 0 Å². The molecule has 7 nitrogen and oxygen atoms in total. The van der Waals surface area contributed by atoms with Gasteiger partial charge in [0.05, 0.1) is 23.6 Å². The molecule has 39 heavy (non-hydrogen) atoms. The fraction of sp³-hybridized carbons (Fsp3) is 0.226. The first-order valence-corrected chi connectivity index (χ1v) is 12.8. The van der Waals surface area contributed by atoms with Gasteiger partial charge in [-0.15, -0.1) is 0 Å². The van der Waals surface area contributed by atoms with Crippen molar-refractivity contribution in [3.63, 3.8) is 0 Å². The van der Waals surface area contributed by atoms with Crippen LogP contribution in [0, 0.1) is 18.2 Å². The molecule has 1 saturated carbocycles. The molecule has 6 rings (SSSR count). The highest BCUT2D eigenvalue weighted by Crippen LogP contribution is 2.49. The second-order valence-corrected chi connectivity index (χ2v) is 10.3. The summed E-state index contributed by atoms with van der Waals surface area (Å²) in [7, 11) is 1.92. The number of aryl methyl sites for hydroxylation is 2. The number of Topliss-reactive ketones (excluding diaryl/α,β-unsaturated/α-hetero) is 2. The van der Waals surface area contributed by atoms with Crippen molar-refractivity contribution < 1.29 is 18.7 Å². The predicted molar refractivity (Wildman–Crippen MR) is 144 cm³/mol. The Bertz CT molecular complexity index is 1710. The number of ketones is 2. The lowest BCUT2D eigenvalue weighted by molar-refractivity contribution is -0.133. The molecule has 1 aliphatic carbocycles. The van der Waals surface area contributed by atoms with Crippen molar-refractivity contribution in [2.45, 2.75) is 32.6 Å². The number of benzene rings is 2. The molecule has 0 atom stereocenters. The average molecular weight is 523 g/mol. The van der Waals surface area contributed by atoms with Crippen molar-refractivity contribution in [1.29, 1.82) is 0 Å². The van der Waals surface area contributed by atoms with E-state index in [0.717, 1.165) is 33.5 Å². The SMILES string of the molecule is Cc1cc(CC(=O)C2(C(=O)Cc3ccc(F)cc3)CC2)ccc1Oc1cc(-c2cn(C)cn2)cn2nccc12. The van der Waals surface area contributed by atoms with Crippen LogP contribution in [0.5, 0.6) is 11.5 Å². The Morgan fingerprint density at radius 1 is 0.949 bits per heavy atom. The van der Waals surface area contributed by atoms with Crippen LogP contribution in [-0.4, -0.2) is 30.7 Å². The highest BCUT2D eigenvalue weighted by molar-refractivity contribution is 6.10. The molecular weight excluding hydrogens is 495 g/mol. The number of hydrogen-bond donors (Lipinski definition) is 0. The fourth-order valence-electron chi connectivity index (χ4n) is 4.98. The van der Waals surface area contributed by atoms with E-state index in [2.05, 4.69) is 10.1 Å². The molecule has 5 aromatic rings. The summed E-state index contributed by atoms with van der Waals surface area (Å²) < 4.78 is 23.2. The van der Waals surface area contributed by atoms with E-state index in [0.29, 0.717) is 24.3 Å². The van der Waals surface area contributed by atoms with E-state index in [1.54, 1.807) is 29.2 Å². The molecule has 0 spiro atoms.